The van der Waals surface area contributed by atoms with E-state index in [1.54, 1.807) is 0 Å². The van der Waals surface area contributed by atoms with Gasteiger partial charge in [0, 0.05) is 4.43 Å². The van der Waals surface area contributed by atoms with Crippen molar-refractivity contribution in [2.75, 3.05) is 11.0 Å². The summed E-state index contributed by atoms with van der Waals surface area (Å²) in [6, 6.07) is 0. The maximum absolute atomic E-state index is 11.0. The van der Waals surface area contributed by atoms with Crippen molar-refractivity contribution in [2.45, 2.75) is 32.6 Å². The normalized spacial score (nSPS) is 15.1. The Morgan fingerprint density at radius 2 is 2.14 bits per heavy atom. The molecule has 0 fully saturated rings. The number of aliphatic carboxylic acids is 1. The standard InChI is InChI=1S/C10H20INO2/c1-2-8(7-11)9(10(13)14)5-3-4-6-12/h8-9H,2-7,12H2,1H3,(H,13,14)/t8?,9-/m1/s1. The molecule has 84 valence electrons. The number of carboxylic acids is 1. The van der Waals surface area contributed by atoms with Crippen LogP contribution >= 0.6 is 22.6 Å². The number of carbonyl (C=O) groups is 1. The van der Waals surface area contributed by atoms with E-state index >= 15 is 0 Å². The maximum atomic E-state index is 11.0. The van der Waals surface area contributed by atoms with Gasteiger partial charge in [0.1, 0.15) is 0 Å². The minimum absolute atomic E-state index is 0.177. The second-order valence-electron chi connectivity index (χ2n) is 3.55. The van der Waals surface area contributed by atoms with E-state index in [-0.39, 0.29) is 5.92 Å². The van der Waals surface area contributed by atoms with Crippen LogP contribution in [0.3, 0.4) is 0 Å². The van der Waals surface area contributed by atoms with Gasteiger partial charge < -0.3 is 10.8 Å². The third-order valence-corrected chi connectivity index (χ3v) is 3.71. The van der Waals surface area contributed by atoms with Crippen molar-refractivity contribution in [3.05, 3.63) is 0 Å². The Hall–Kier alpha value is 0.160. The monoisotopic (exact) mass is 313 g/mol. The number of carboxylic acid groups (broad SMARTS) is 1. The summed E-state index contributed by atoms with van der Waals surface area (Å²) in [6.45, 7) is 2.72. The van der Waals surface area contributed by atoms with Gasteiger partial charge in [-0.1, -0.05) is 42.4 Å². The lowest BCUT2D eigenvalue weighted by Crippen LogP contribution is -2.24. The summed E-state index contributed by atoms with van der Waals surface area (Å²) in [5.41, 5.74) is 5.38. The number of rotatable bonds is 8. The van der Waals surface area contributed by atoms with Gasteiger partial charge in [0.05, 0.1) is 5.92 Å². The predicted molar refractivity (Wildman–Crippen MR) is 66.7 cm³/mol. The number of hydrogen-bond donors (Lipinski definition) is 2. The Morgan fingerprint density at radius 1 is 1.50 bits per heavy atom. The highest BCUT2D eigenvalue weighted by Gasteiger charge is 2.25. The lowest BCUT2D eigenvalue weighted by Gasteiger charge is -2.20. The quantitative estimate of drug-likeness (QED) is 0.410. The van der Waals surface area contributed by atoms with Crippen molar-refractivity contribution in [3.8, 4) is 0 Å². The van der Waals surface area contributed by atoms with Crippen LogP contribution in [0, 0.1) is 11.8 Å². The van der Waals surface area contributed by atoms with Crippen LogP contribution in [0.15, 0.2) is 0 Å². The molecule has 2 atom stereocenters. The van der Waals surface area contributed by atoms with E-state index < -0.39 is 5.97 Å². The summed E-state index contributed by atoms with van der Waals surface area (Å²) < 4.78 is 0.924. The summed E-state index contributed by atoms with van der Waals surface area (Å²) in [4.78, 5) is 11.0. The van der Waals surface area contributed by atoms with Crippen molar-refractivity contribution in [1.29, 1.82) is 0 Å². The van der Waals surface area contributed by atoms with E-state index in [0.717, 1.165) is 30.1 Å². The molecule has 0 bridgehead atoms. The summed E-state index contributed by atoms with van der Waals surface area (Å²) in [6.07, 6.45) is 3.58. The largest absolute Gasteiger partial charge is 0.481 e. The van der Waals surface area contributed by atoms with Gasteiger partial charge in [-0.05, 0) is 25.3 Å². The second-order valence-corrected chi connectivity index (χ2v) is 4.43. The molecule has 0 aromatic carbocycles. The highest BCUT2D eigenvalue weighted by molar-refractivity contribution is 14.1. The smallest absolute Gasteiger partial charge is 0.306 e. The molecule has 0 saturated carbocycles. The molecule has 4 heteroatoms. The first-order chi connectivity index (χ1) is 6.67. The first kappa shape index (κ1) is 14.2. The zero-order valence-electron chi connectivity index (χ0n) is 8.71. The summed E-state index contributed by atoms with van der Waals surface area (Å²) in [7, 11) is 0. The van der Waals surface area contributed by atoms with Crippen LogP contribution in [0.4, 0.5) is 0 Å². The Labute approximate surface area is 99.6 Å². The van der Waals surface area contributed by atoms with Crippen molar-refractivity contribution >= 4 is 28.6 Å². The average molecular weight is 313 g/mol. The molecule has 0 aliphatic heterocycles. The molecule has 0 aliphatic carbocycles. The van der Waals surface area contributed by atoms with Crippen LogP contribution in [-0.2, 0) is 4.79 Å². The van der Waals surface area contributed by atoms with Crippen molar-refractivity contribution in [2.24, 2.45) is 17.6 Å². The predicted octanol–water partition coefficient (Wildman–Crippen LogP) is 2.28. The molecule has 0 spiro atoms. The second kappa shape index (κ2) is 8.47. The molecular formula is C10H20INO2. The highest BCUT2D eigenvalue weighted by Crippen LogP contribution is 2.24. The first-order valence-electron chi connectivity index (χ1n) is 5.16. The van der Waals surface area contributed by atoms with Crippen LogP contribution in [0.25, 0.3) is 0 Å². The minimum Gasteiger partial charge on any atom is -0.481 e. The van der Waals surface area contributed by atoms with Crippen molar-refractivity contribution < 1.29 is 9.90 Å². The lowest BCUT2D eigenvalue weighted by molar-refractivity contribution is -0.143. The third kappa shape index (κ3) is 5.14. The zero-order valence-corrected chi connectivity index (χ0v) is 10.9. The Kier molecular flexibility index (Phi) is 8.56. The Morgan fingerprint density at radius 3 is 2.50 bits per heavy atom. The molecule has 0 amide bonds. The molecule has 0 radical (unpaired) electrons. The molecule has 0 saturated heterocycles. The van der Waals surface area contributed by atoms with E-state index in [0.29, 0.717) is 12.5 Å². The first-order valence-corrected chi connectivity index (χ1v) is 6.68. The van der Waals surface area contributed by atoms with Gasteiger partial charge in [-0.2, -0.15) is 0 Å². The van der Waals surface area contributed by atoms with E-state index in [2.05, 4.69) is 29.5 Å². The third-order valence-electron chi connectivity index (χ3n) is 2.58. The van der Waals surface area contributed by atoms with E-state index in [4.69, 9.17) is 10.8 Å². The minimum atomic E-state index is -0.648. The van der Waals surface area contributed by atoms with Gasteiger partial charge >= 0.3 is 5.97 Å². The number of nitrogens with two attached hydrogens (primary N) is 1. The van der Waals surface area contributed by atoms with Crippen LogP contribution in [-0.4, -0.2) is 22.0 Å². The average Bonchev–Trinajstić information content (AvgIpc) is 2.17. The van der Waals surface area contributed by atoms with Gasteiger partial charge in [-0.3, -0.25) is 4.79 Å². The van der Waals surface area contributed by atoms with Gasteiger partial charge in [-0.25, -0.2) is 0 Å². The van der Waals surface area contributed by atoms with E-state index in [9.17, 15) is 4.79 Å². The summed E-state index contributed by atoms with van der Waals surface area (Å²) in [5, 5.41) is 9.07. The summed E-state index contributed by atoms with van der Waals surface area (Å²) >= 11 is 2.27. The van der Waals surface area contributed by atoms with Crippen molar-refractivity contribution in [1.82, 2.24) is 0 Å². The number of unbranched alkanes of at least 4 members (excludes halogenated alkanes) is 1. The molecular weight excluding hydrogens is 293 g/mol. The Bertz CT molecular complexity index is 160. The molecule has 0 aliphatic rings. The molecule has 3 nitrogen and oxygen atoms in total. The SMILES string of the molecule is CCC(CI)[C@@H](CCCCN)C(=O)O. The van der Waals surface area contributed by atoms with Gasteiger partial charge in [0.15, 0.2) is 0 Å². The Balaban J connectivity index is 4.06. The molecule has 3 N–H and O–H groups in total. The number of halogens is 1. The van der Waals surface area contributed by atoms with Gasteiger partial charge in [0.25, 0.3) is 0 Å². The van der Waals surface area contributed by atoms with Crippen LogP contribution in [0.5, 0.6) is 0 Å². The van der Waals surface area contributed by atoms with E-state index in [1.165, 1.54) is 0 Å². The molecule has 0 rings (SSSR count). The van der Waals surface area contributed by atoms with Gasteiger partial charge in [-0.15, -0.1) is 0 Å². The topological polar surface area (TPSA) is 63.3 Å². The molecule has 1 unspecified atom stereocenters. The van der Waals surface area contributed by atoms with Crippen LogP contribution in [0.1, 0.15) is 32.6 Å². The number of hydrogen-bond acceptors (Lipinski definition) is 2. The summed E-state index contributed by atoms with van der Waals surface area (Å²) in [5.74, 6) is -0.514. The molecule has 14 heavy (non-hydrogen) atoms. The lowest BCUT2D eigenvalue weighted by atomic mass is 9.87. The van der Waals surface area contributed by atoms with Crippen LogP contribution in [0.2, 0.25) is 0 Å². The number of alkyl halides is 1. The molecule has 0 aromatic rings. The fourth-order valence-electron chi connectivity index (χ4n) is 1.57. The fourth-order valence-corrected chi connectivity index (χ4v) is 2.81. The van der Waals surface area contributed by atoms with Crippen LogP contribution < -0.4 is 5.73 Å². The molecule has 0 heterocycles. The molecule has 0 aromatic heterocycles. The van der Waals surface area contributed by atoms with Crippen molar-refractivity contribution in [3.63, 3.8) is 0 Å². The highest BCUT2D eigenvalue weighted by atomic mass is 127. The van der Waals surface area contributed by atoms with Gasteiger partial charge in [0.2, 0.25) is 0 Å². The maximum Gasteiger partial charge on any atom is 0.306 e. The fraction of sp³-hybridized carbons (Fsp3) is 0.900. The van der Waals surface area contributed by atoms with E-state index in [1.807, 2.05) is 0 Å². The zero-order chi connectivity index (χ0) is 11.0.